The van der Waals surface area contributed by atoms with E-state index in [0.717, 1.165) is 19.3 Å². The first-order valence-corrected chi connectivity index (χ1v) is 4.48. The van der Waals surface area contributed by atoms with E-state index < -0.39 is 0 Å². The predicted molar refractivity (Wildman–Crippen MR) is 48.0 cm³/mol. The van der Waals surface area contributed by atoms with Gasteiger partial charge in [0.15, 0.2) is 0 Å². The first-order valence-electron chi connectivity index (χ1n) is 4.48. The summed E-state index contributed by atoms with van der Waals surface area (Å²) in [6, 6.07) is 6.28. The van der Waals surface area contributed by atoms with Crippen LogP contribution in [-0.2, 0) is 0 Å². The van der Waals surface area contributed by atoms with Crippen LogP contribution in [0.5, 0.6) is 0 Å². The molecular formula is C10H13N3. The molecule has 0 fully saturated rings. The Bertz CT molecular complexity index is 238. The molecule has 68 valence electrons. The Hall–Kier alpha value is -1.53. The number of hydrogen-bond acceptors (Lipinski definition) is 3. The molecular weight excluding hydrogens is 162 g/mol. The molecule has 0 heterocycles. The van der Waals surface area contributed by atoms with Crippen LogP contribution in [0.15, 0.2) is 0 Å². The third-order valence-electron chi connectivity index (χ3n) is 1.88. The molecule has 0 aromatic carbocycles. The highest BCUT2D eigenvalue weighted by Gasteiger charge is 2.05. The average Bonchev–Trinajstić information content (AvgIpc) is 2.17. The number of unbranched alkanes of at least 4 members (excludes halogenated alkanes) is 2. The lowest BCUT2D eigenvalue weighted by molar-refractivity contribution is 0.528. The van der Waals surface area contributed by atoms with Gasteiger partial charge >= 0.3 is 0 Å². The zero-order chi connectivity index (χ0) is 9.94. The molecule has 0 aliphatic rings. The molecule has 0 aromatic heterocycles. The summed E-state index contributed by atoms with van der Waals surface area (Å²) < 4.78 is 0. The van der Waals surface area contributed by atoms with Crippen molar-refractivity contribution in [1.29, 1.82) is 15.8 Å². The smallest absolute Gasteiger partial charge is 0.0656 e. The van der Waals surface area contributed by atoms with E-state index in [0.29, 0.717) is 19.3 Å². The van der Waals surface area contributed by atoms with E-state index in [1.165, 1.54) is 0 Å². The molecule has 0 saturated heterocycles. The Morgan fingerprint density at radius 1 is 0.846 bits per heavy atom. The minimum Gasteiger partial charge on any atom is -0.198 e. The quantitative estimate of drug-likeness (QED) is 0.582. The number of nitrogens with zero attached hydrogens (tertiary/aromatic N) is 3. The minimum absolute atomic E-state index is 0.00153. The number of hydrogen-bond donors (Lipinski definition) is 0. The molecule has 1 unspecified atom stereocenters. The molecule has 0 rings (SSSR count). The molecule has 0 bridgehead atoms. The minimum atomic E-state index is -0.00153. The zero-order valence-electron chi connectivity index (χ0n) is 7.66. The fourth-order valence-electron chi connectivity index (χ4n) is 1.11. The van der Waals surface area contributed by atoms with Gasteiger partial charge in [0.05, 0.1) is 18.2 Å². The third kappa shape index (κ3) is 6.85. The molecule has 0 amide bonds. The second-order valence-corrected chi connectivity index (χ2v) is 2.93. The molecule has 0 aliphatic heterocycles. The van der Waals surface area contributed by atoms with E-state index in [1.807, 2.05) is 6.07 Å². The standard InChI is InChI=1S/C10H13N3/c11-7-3-1-2-5-10(9-13)6-4-8-12/h10H,1-6H2. The van der Waals surface area contributed by atoms with Crippen LogP contribution in [0, 0.1) is 39.9 Å². The molecule has 13 heavy (non-hydrogen) atoms. The van der Waals surface area contributed by atoms with Crippen LogP contribution in [0.4, 0.5) is 0 Å². The van der Waals surface area contributed by atoms with Crippen molar-refractivity contribution in [2.45, 2.75) is 38.5 Å². The van der Waals surface area contributed by atoms with Crippen LogP contribution >= 0.6 is 0 Å². The van der Waals surface area contributed by atoms with E-state index >= 15 is 0 Å². The topological polar surface area (TPSA) is 71.4 Å². The molecule has 0 aromatic rings. The van der Waals surface area contributed by atoms with E-state index in [9.17, 15) is 0 Å². The number of nitriles is 3. The molecule has 3 nitrogen and oxygen atoms in total. The fraction of sp³-hybridized carbons (Fsp3) is 0.700. The summed E-state index contributed by atoms with van der Waals surface area (Å²) in [6.45, 7) is 0. The van der Waals surface area contributed by atoms with Crippen LogP contribution in [-0.4, -0.2) is 0 Å². The molecule has 1 atom stereocenters. The van der Waals surface area contributed by atoms with E-state index in [4.69, 9.17) is 15.8 Å². The Balaban J connectivity index is 3.46. The number of rotatable bonds is 6. The predicted octanol–water partition coefficient (Wildman–Crippen LogP) is 2.51. The maximum atomic E-state index is 8.68. The normalized spacial score (nSPS) is 10.8. The van der Waals surface area contributed by atoms with Gasteiger partial charge in [0.1, 0.15) is 0 Å². The summed E-state index contributed by atoms with van der Waals surface area (Å²) in [5, 5.41) is 25.3. The van der Waals surface area contributed by atoms with Crippen molar-refractivity contribution in [3.8, 4) is 18.2 Å². The molecule has 0 aliphatic carbocycles. The molecule has 0 N–H and O–H groups in total. The summed E-state index contributed by atoms with van der Waals surface area (Å²) in [6.07, 6.45) is 4.28. The maximum Gasteiger partial charge on any atom is 0.0656 e. The van der Waals surface area contributed by atoms with E-state index in [-0.39, 0.29) is 5.92 Å². The van der Waals surface area contributed by atoms with Crippen molar-refractivity contribution < 1.29 is 0 Å². The van der Waals surface area contributed by atoms with Crippen molar-refractivity contribution >= 4 is 0 Å². The summed E-state index contributed by atoms with van der Waals surface area (Å²) in [4.78, 5) is 0. The summed E-state index contributed by atoms with van der Waals surface area (Å²) >= 11 is 0. The van der Waals surface area contributed by atoms with Crippen molar-refractivity contribution in [2.24, 2.45) is 5.92 Å². The van der Waals surface area contributed by atoms with Crippen molar-refractivity contribution in [2.75, 3.05) is 0 Å². The van der Waals surface area contributed by atoms with Gasteiger partial charge in [0, 0.05) is 18.8 Å². The lowest BCUT2D eigenvalue weighted by atomic mass is 9.98. The first kappa shape index (κ1) is 11.5. The second-order valence-electron chi connectivity index (χ2n) is 2.93. The largest absolute Gasteiger partial charge is 0.198 e. The zero-order valence-corrected chi connectivity index (χ0v) is 7.66. The maximum absolute atomic E-state index is 8.68. The lowest BCUT2D eigenvalue weighted by Crippen LogP contribution is -1.96. The third-order valence-corrected chi connectivity index (χ3v) is 1.88. The Kier molecular flexibility index (Phi) is 7.56. The van der Waals surface area contributed by atoms with Crippen molar-refractivity contribution in [3.63, 3.8) is 0 Å². The van der Waals surface area contributed by atoms with E-state index in [2.05, 4.69) is 12.1 Å². The van der Waals surface area contributed by atoms with Gasteiger partial charge in [0.25, 0.3) is 0 Å². The summed E-state index contributed by atoms with van der Waals surface area (Å²) in [5.41, 5.74) is 0. The van der Waals surface area contributed by atoms with Crippen molar-refractivity contribution in [3.05, 3.63) is 0 Å². The van der Waals surface area contributed by atoms with Gasteiger partial charge in [-0.1, -0.05) is 6.42 Å². The Morgan fingerprint density at radius 3 is 2.08 bits per heavy atom. The molecule has 0 saturated carbocycles. The van der Waals surface area contributed by atoms with Gasteiger partial charge in [0.2, 0.25) is 0 Å². The molecule has 3 heteroatoms. The molecule has 0 radical (unpaired) electrons. The van der Waals surface area contributed by atoms with Crippen molar-refractivity contribution in [1.82, 2.24) is 0 Å². The van der Waals surface area contributed by atoms with Crippen LogP contribution in [0.1, 0.15) is 38.5 Å². The highest BCUT2D eigenvalue weighted by Crippen LogP contribution is 2.14. The van der Waals surface area contributed by atoms with Gasteiger partial charge in [-0.2, -0.15) is 15.8 Å². The van der Waals surface area contributed by atoms with Crippen LogP contribution in [0.25, 0.3) is 0 Å². The first-order chi connectivity index (χ1) is 6.35. The molecule has 0 spiro atoms. The van der Waals surface area contributed by atoms with Gasteiger partial charge in [-0.25, -0.2) is 0 Å². The van der Waals surface area contributed by atoms with Gasteiger partial charge in [-0.3, -0.25) is 0 Å². The summed E-state index contributed by atoms with van der Waals surface area (Å²) in [5.74, 6) is -0.00153. The van der Waals surface area contributed by atoms with Crippen LogP contribution < -0.4 is 0 Å². The highest BCUT2D eigenvalue weighted by molar-refractivity contribution is 4.85. The van der Waals surface area contributed by atoms with E-state index in [1.54, 1.807) is 0 Å². The average molecular weight is 175 g/mol. The SMILES string of the molecule is N#CCCCCC(C#N)CCC#N. The monoisotopic (exact) mass is 175 g/mol. The highest BCUT2D eigenvalue weighted by atomic mass is 14.3. The Morgan fingerprint density at radius 2 is 1.54 bits per heavy atom. The second kappa shape index (κ2) is 8.57. The fourth-order valence-corrected chi connectivity index (χ4v) is 1.11. The van der Waals surface area contributed by atoms with Crippen LogP contribution in [0.3, 0.4) is 0 Å². The summed E-state index contributed by atoms with van der Waals surface area (Å²) in [7, 11) is 0. The van der Waals surface area contributed by atoms with Gasteiger partial charge in [-0.15, -0.1) is 0 Å². The van der Waals surface area contributed by atoms with Gasteiger partial charge < -0.3 is 0 Å². The van der Waals surface area contributed by atoms with Gasteiger partial charge in [-0.05, 0) is 19.3 Å². The van der Waals surface area contributed by atoms with Crippen LogP contribution in [0.2, 0.25) is 0 Å². The lowest BCUT2D eigenvalue weighted by Gasteiger charge is -2.04. The Labute approximate surface area is 79.2 Å².